The molecule has 1 aliphatic heterocycles. The molecule has 2 aromatic heterocycles. The van der Waals surface area contributed by atoms with Gasteiger partial charge in [-0.15, -0.1) is 0 Å². The van der Waals surface area contributed by atoms with Crippen LogP contribution >= 0.6 is 0 Å². The number of carbonyl (C=O) groups is 1. The van der Waals surface area contributed by atoms with Crippen LogP contribution in [0.1, 0.15) is 21.6 Å². The lowest BCUT2D eigenvalue weighted by molar-refractivity contribution is 0.102. The lowest BCUT2D eigenvalue weighted by Gasteiger charge is -2.30. The number of anilines is 3. The summed E-state index contributed by atoms with van der Waals surface area (Å²) in [5.41, 5.74) is 9.48. The van der Waals surface area contributed by atoms with Gasteiger partial charge in [0, 0.05) is 19.3 Å². The van der Waals surface area contributed by atoms with Gasteiger partial charge in [0.25, 0.3) is 5.91 Å². The maximum absolute atomic E-state index is 12.6. The highest BCUT2D eigenvalue weighted by Crippen LogP contribution is 2.34. The highest BCUT2D eigenvalue weighted by atomic mass is 16.5. The Morgan fingerprint density at radius 2 is 1.90 bits per heavy atom. The van der Waals surface area contributed by atoms with Crippen LogP contribution in [-0.4, -0.2) is 36.6 Å². The van der Waals surface area contributed by atoms with E-state index in [1.165, 1.54) is 11.8 Å². The number of aromatic nitrogens is 2. The molecule has 8 heteroatoms. The number of ether oxygens (including phenoxy) is 2. The monoisotopic (exact) mass is 405 g/mol. The third kappa shape index (κ3) is 3.84. The predicted octanol–water partition coefficient (Wildman–Crippen LogP) is 2.89. The number of nitrogens with two attached hydrogens (primary N) is 1. The summed E-state index contributed by atoms with van der Waals surface area (Å²) >= 11 is 0. The van der Waals surface area contributed by atoms with E-state index < -0.39 is 0 Å². The van der Waals surface area contributed by atoms with Crippen molar-refractivity contribution in [3.63, 3.8) is 0 Å². The SMILES string of the molecule is COc1cc2c(cc1OC)CN(c1cccc(C(=O)Nc3cnccc3N)n1)CC2. The Hall–Kier alpha value is -3.81. The first-order chi connectivity index (χ1) is 14.6. The Bertz CT molecular complexity index is 1090. The van der Waals surface area contributed by atoms with E-state index in [4.69, 9.17) is 15.2 Å². The zero-order valence-corrected chi connectivity index (χ0v) is 16.9. The number of nitrogen functional groups attached to an aromatic ring is 1. The molecule has 0 unspecified atom stereocenters. The molecule has 154 valence electrons. The average molecular weight is 405 g/mol. The van der Waals surface area contributed by atoms with Crippen LogP contribution in [0.15, 0.2) is 48.8 Å². The Labute approximate surface area is 174 Å². The molecule has 3 N–H and O–H groups in total. The summed E-state index contributed by atoms with van der Waals surface area (Å²) in [5, 5.41) is 2.76. The van der Waals surface area contributed by atoms with Crippen LogP contribution in [0.5, 0.6) is 11.5 Å². The predicted molar refractivity (Wildman–Crippen MR) is 115 cm³/mol. The second-order valence-electron chi connectivity index (χ2n) is 6.95. The van der Waals surface area contributed by atoms with Crippen LogP contribution in [0, 0.1) is 0 Å². The van der Waals surface area contributed by atoms with Crippen molar-refractivity contribution in [1.29, 1.82) is 0 Å². The van der Waals surface area contributed by atoms with Gasteiger partial charge < -0.3 is 25.4 Å². The first-order valence-corrected chi connectivity index (χ1v) is 9.55. The minimum Gasteiger partial charge on any atom is -0.493 e. The molecule has 1 amide bonds. The minimum atomic E-state index is -0.333. The van der Waals surface area contributed by atoms with Crippen LogP contribution in [0.4, 0.5) is 17.2 Å². The molecule has 0 aliphatic carbocycles. The second kappa shape index (κ2) is 8.28. The molecule has 0 radical (unpaired) electrons. The zero-order valence-electron chi connectivity index (χ0n) is 16.9. The standard InChI is InChI=1S/C22H23N5O3/c1-29-19-10-14-7-9-27(13-15(14)11-20(19)30-2)21-5-3-4-17(25-21)22(28)26-18-12-24-8-6-16(18)23/h3-6,8,10-12H,7,9,13H2,1-2H3,(H2,23,24)(H,26,28). The van der Waals surface area contributed by atoms with E-state index in [1.807, 2.05) is 24.3 Å². The fourth-order valence-electron chi connectivity index (χ4n) is 3.50. The van der Waals surface area contributed by atoms with Gasteiger partial charge in [0.15, 0.2) is 11.5 Å². The van der Waals surface area contributed by atoms with E-state index in [2.05, 4.69) is 20.2 Å². The fraction of sp³-hybridized carbons (Fsp3) is 0.227. The lowest BCUT2D eigenvalue weighted by atomic mass is 9.98. The summed E-state index contributed by atoms with van der Waals surface area (Å²) in [6, 6.07) is 11.1. The van der Waals surface area contributed by atoms with Gasteiger partial charge in [0.05, 0.1) is 31.8 Å². The topological polar surface area (TPSA) is 103 Å². The Morgan fingerprint density at radius 1 is 1.13 bits per heavy atom. The molecule has 1 aromatic carbocycles. The van der Waals surface area contributed by atoms with Gasteiger partial charge in [0.2, 0.25) is 0 Å². The first-order valence-electron chi connectivity index (χ1n) is 9.55. The van der Waals surface area contributed by atoms with Gasteiger partial charge in [-0.05, 0) is 47.9 Å². The largest absolute Gasteiger partial charge is 0.493 e. The minimum absolute atomic E-state index is 0.314. The van der Waals surface area contributed by atoms with E-state index in [0.717, 1.165) is 30.1 Å². The van der Waals surface area contributed by atoms with Crippen molar-refractivity contribution < 1.29 is 14.3 Å². The number of methoxy groups -OCH3 is 2. The molecule has 0 atom stereocenters. The van der Waals surface area contributed by atoms with Crippen molar-refractivity contribution in [2.45, 2.75) is 13.0 Å². The van der Waals surface area contributed by atoms with Crippen LogP contribution in [0.25, 0.3) is 0 Å². The molecule has 3 heterocycles. The van der Waals surface area contributed by atoms with Crippen LogP contribution in [-0.2, 0) is 13.0 Å². The maximum atomic E-state index is 12.6. The molecule has 0 saturated carbocycles. The van der Waals surface area contributed by atoms with Crippen molar-refractivity contribution in [2.75, 3.05) is 36.7 Å². The number of hydrogen-bond acceptors (Lipinski definition) is 7. The van der Waals surface area contributed by atoms with Gasteiger partial charge in [-0.25, -0.2) is 4.98 Å². The van der Waals surface area contributed by atoms with Crippen molar-refractivity contribution in [3.05, 3.63) is 65.6 Å². The smallest absolute Gasteiger partial charge is 0.274 e. The molecular formula is C22H23N5O3. The first kappa shape index (κ1) is 19.5. The second-order valence-corrected chi connectivity index (χ2v) is 6.95. The summed E-state index contributed by atoms with van der Waals surface area (Å²) in [5.74, 6) is 1.84. The van der Waals surface area contributed by atoms with Crippen LogP contribution in [0.2, 0.25) is 0 Å². The third-order valence-electron chi connectivity index (χ3n) is 5.11. The van der Waals surface area contributed by atoms with E-state index in [0.29, 0.717) is 29.4 Å². The zero-order chi connectivity index (χ0) is 21.1. The number of nitrogens with one attached hydrogen (secondary N) is 1. The summed E-state index contributed by atoms with van der Waals surface area (Å²) in [6.07, 6.45) is 3.93. The van der Waals surface area contributed by atoms with Crippen molar-refractivity contribution in [1.82, 2.24) is 9.97 Å². The maximum Gasteiger partial charge on any atom is 0.274 e. The molecule has 3 aromatic rings. The van der Waals surface area contributed by atoms with E-state index in [9.17, 15) is 4.79 Å². The molecule has 30 heavy (non-hydrogen) atoms. The van der Waals surface area contributed by atoms with E-state index in [1.54, 1.807) is 32.5 Å². The molecule has 0 spiro atoms. The lowest BCUT2D eigenvalue weighted by Crippen LogP contribution is -2.31. The highest BCUT2D eigenvalue weighted by molar-refractivity contribution is 6.04. The number of carbonyl (C=O) groups excluding carboxylic acids is 1. The molecule has 0 fully saturated rings. The van der Waals surface area contributed by atoms with E-state index >= 15 is 0 Å². The normalized spacial score (nSPS) is 12.8. The quantitative estimate of drug-likeness (QED) is 0.673. The molecule has 4 rings (SSSR count). The summed E-state index contributed by atoms with van der Waals surface area (Å²) in [7, 11) is 3.27. The Morgan fingerprint density at radius 3 is 2.63 bits per heavy atom. The average Bonchev–Trinajstić information content (AvgIpc) is 2.79. The highest BCUT2D eigenvalue weighted by Gasteiger charge is 2.21. The number of hydrogen-bond donors (Lipinski definition) is 2. The Balaban J connectivity index is 1.55. The molecular weight excluding hydrogens is 382 g/mol. The van der Waals surface area contributed by atoms with Crippen LogP contribution < -0.4 is 25.4 Å². The Kier molecular flexibility index (Phi) is 5.38. The van der Waals surface area contributed by atoms with Gasteiger partial charge in [-0.3, -0.25) is 9.78 Å². The van der Waals surface area contributed by atoms with Gasteiger partial charge in [0.1, 0.15) is 11.5 Å². The van der Waals surface area contributed by atoms with Crippen LogP contribution in [0.3, 0.4) is 0 Å². The number of nitrogens with zero attached hydrogens (tertiary/aromatic N) is 3. The summed E-state index contributed by atoms with van der Waals surface area (Å²) in [6.45, 7) is 1.46. The van der Waals surface area contributed by atoms with Gasteiger partial charge in [-0.2, -0.15) is 0 Å². The number of fused-ring (bicyclic) bond motifs is 1. The number of amides is 1. The van der Waals surface area contributed by atoms with Gasteiger partial charge >= 0.3 is 0 Å². The number of pyridine rings is 2. The van der Waals surface area contributed by atoms with Gasteiger partial charge in [-0.1, -0.05) is 6.07 Å². The van der Waals surface area contributed by atoms with E-state index in [-0.39, 0.29) is 5.91 Å². The molecule has 0 bridgehead atoms. The third-order valence-corrected chi connectivity index (χ3v) is 5.11. The fourth-order valence-corrected chi connectivity index (χ4v) is 3.50. The summed E-state index contributed by atoms with van der Waals surface area (Å²) in [4.78, 5) is 23.3. The number of rotatable bonds is 5. The molecule has 0 saturated heterocycles. The molecule has 8 nitrogen and oxygen atoms in total. The molecule has 1 aliphatic rings. The summed E-state index contributed by atoms with van der Waals surface area (Å²) < 4.78 is 10.8. The van der Waals surface area contributed by atoms with Crippen molar-refractivity contribution >= 4 is 23.1 Å². The number of benzene rings is 1. The van der Waals surface area contributed by atoms with Crippen molar-refractivity contribution in [3.8, 4) is 11.5 Å². The van der Waals surface area contributed by atoms with Crippen molar-refractivity contribution in [2.24, 2.45) is 0 Å².